The fourth-order valence-electron chi connectivity index (χ4n) is 4.41. The number of alkyl halides is 3. The van der Waals surface area contributed by atoms with E-state index in [-0.39, 0.29) is 11.3 Å². The minimum absolute atomic E-state index is 0.0246. The van der Waals surface area contributed by atoms with Crippen LogP contribution in [0, 0.1) is 18.3 Å². The van der Waals surface area contributed by atoms with Gasteiger partial charge in [0.1, 0.15) is 5.75 Å². The highest BCUT2D eigenvalue weighted by Crippen LogP contribution is 2.51. The number of hydrogen-bond acceptors (Lipinski definition) is 4. The fourth-order valence-corrected chi connectivity index (χ4v) is 4.41. The summed E-state index contributed by atoms with van der Waals surface area (Å²) in [4.78, 5) is 16.4. The zero-order valence-corrected chi connectivity index (χ0v) is 19.2. The van der Waals surface area contributed by atoms with Crippen molar-refractivity contribution in [3.63, 3.8) is 0 Å². The van der Waals surface area contributed by atoms with Crippen molar-refractivity contribution in [2.45, 2.75) is 38.4 Å². The Hall–Kier alpha value is -4.03. The Bertz CT molecular complexity index is 1300. The van der Waals surface area contributed by atoms with E-state index in [9.17, 15) is 23.1 Å². The van der Waals surface area contributed by atoms with Gasteiger partial charge in [-0.2, -0.15) is 5.26 Å². The molecule has 3 aromatic rings. The van der Waals surface area contributed by atoms with E-state index in [0.717, 1.165) is 22.6 Å². The smallest absolute Gasteiger partial charge is 0.406 e. The Morgan fingerprint density at radius 1 is 0.943 bits per heavy atom. The number of aryl methyl sites for hydroxylation is 1. The van der Waals surface area contributed by atoms with Crippen molar-refractivity contribution in [2.75, 3.05) is 9.80 Å². The molecule has 0 radical (unpaired) electrons. The van der Waals surface area contributed by atoms with E-state index in [2.05, 4.69) is 4.74 Å². The normalized spacial score (nSPS) is 19.5. The van der Waals surface area contributed by atoms with Crippen LogP contribution < -0.4 is 14.5 Å². The monoisotopic (exact) mass is 481 g/mol. The zero-order chi connectivity index (χ0) is 25.6. The molecule has 0 aliphatic carbocycles. The number of hydrogen-bond donors (Lipinski definition) is 1. The van der Waals surface area contributed by atoms with Crippen LogP contribution in [-0.4, -0.2) is 23.0 Å². The second kappa shape index (κ2) is 8.32. The largest absolute Gasteiger partial charge is 0.573 e. The first kappa shape index (κ1) is 24.1. The number of urea groups is 1. The molecule has 0 bridgehead atoms. The number of rotatable bonds is 4. The quantitative estimate of drug-likeness (QED) is 0.508. The molecule has 1 aliphatic heterocycles. The van der Waals surface area contributed by atoms with Gasteiger partial charge in [0.05, 0.1) is 17.2 Å². The van der Waals surface area contributed by atoms with Crippen molar-refractivity contribution in [3.05, 3.63) is 89.5 Å². The second-order valence-corrected chi connectivity index (χ2v) is 8.75. The fraction of sp³-hybridized carbons (Fsp3) is 0.231. The van der Waals surface area contributed by atoms with E-state index >= 15 is 0 Å². The molecule has 1 fully saturated rings. The summed E-state index contributed by atoms with van der Waals surface area (Å²) in [6.45, 7) is 5.16. The maximum atomic E-state index is 13.9. The van der Waals surface area contributed by atoms with Gasteiger partial charge in [0.25, 0.3) is 0 Å². The lowest BCUT2D eigenvalue weighted by molar-refractivity contribution is -0.274. The number of nitriles is 1. The summed E-state index contributed by atoms with van der Waals surface area (Å²) in [6, 6.07) is 19.5. The highest BCUT2D eigenvalue weighted by Gasteiger charge is 2.64. The molecule has 0 saturated carbocycles. The third-order valence-corrected chi connectivity index (χ3v) is 6.14. The summed E-state index contributed by atoms with van der Waals surface area (Å²) in [5.41, 5.74) is -1.37. The first-order valence-corrected chi connectivity index (χ1v) is 10.7. The average Bonchev–Trinajstić information content (AvgIpc) is 2.95. The van der Waals surface area contributed by atoms with Crippen LogP contribution in [0.1, 0.15) is 30.5 Å². The summed E-state index contributed by atoms with van der Waals surface area (Å²) >= 11 is 0. The highest BCUT2D eigenvalue weighted by molar-refractivity contribution is 6.09. The van der Waals surface area contributed by atoms with Crippen molar-refractivity contribution in [1.82, 2.24) is 0 Å². The Balaban J connectivity index is 1.93. The highest BCUT2D eigenvalue weighted by atomic mass is 19.4. The molecule has 1 heterocycles. The molecule has 1 N–H and O–H groups in total. The predicted molar refractivity (Wildman–Crippen MR) is 124 cm³/mol. The molecule has 2 amide bonds. The summed E-state index contributed by atoms with van der Waals surface area (Å²) in [7, 11) is 0. The van der Waals surface area contributed by atoms with Crippen LogP contribution in [0.3, 0.4) is 0 Å². The lowest BCUT2D eigenvalue weighted by Crippen LogP contribution is -2.56. The van der Waals surface area contributed by atoms with Gasteiger partial charge in [-0.3, -0.25) is 9.80 Å². The molecule has 9 heteroatoms. The molecule has 1 unspecified atom stereocenters. The van der Waals surface area contributed by atoms with Crippen molar-refractivity contribution >= 4 is 17.4 Å². The molecule has 4 rings (SSSR count). The summed E-state index contributed by atoms with van der Waals surface area (Å²) < 4.78 is 42.8. The van der Waals surface area contributed by atoms with Gasteiger partial charge < -0.3 is 9.84 Å². The Labute approximate surface area is 200 Å². The van der Waals surface area contributed by atoms with E-state index in [0.29, 0.717) is 11.3 Å². The van der Waals surface area contributed by atoms with Gasteiger partial charge in [-0.05, 0) is 69.3 Å². The summed E-state index contributed by atoms with van der Waals surface area (Å²) in [5, 5.41) is 21.4. The maximum absolute atomic E-state index is 13.9. The third-order valence-electron chi connectivity index (χ3n) is 6.14. The van der Waals surface area contributed by atoms with Crippen molar-refractivity contribution in [3.8, 4) is 11.8 Å². The Morgan fingerprint density at radius 2 is 1.51 bits per heavy atom. The molecule has 1 saturated heterocycles. The predicted octanol–water partition coefficient (Wildman–Crippen LogP) is 5.84. The molecule has 6 nitrogen and oxygen atoms in total. The third kappa shape index (κ3) is 4.06. The molecular formula is C26H22F3N3O3. The molecule has 0 aromatic heterocycles. The van der Waals surface area contributed by atoms with Crippen LogP contribution in [0.25, 0.3) is 0 Å². The molecule has 1 atom stereocenters. The molecule has 3 aromatic carbocycles. The van der Waals surface area contributed by atoms with Crippen LogP contribution in [0.15, 0.2) is 72.8 Å². The number of carbonyl (C=O) groups excluding carboxylic acids is 1. The lowest BCUT2D eigenvalue weighted by Gasteiger charge is -2.42. The number of benzene rings is 3. The number of amides is 2. The minimum Gasteiger partial charge on any atom is -0.406 e. The van der Waals surface area contributed by atoms with Gasteiger partial charge in [0.2, 0.25) is 0 Å². The van der Waals surface area contributed by atoms with Crippen LogP contribution in [0.2, 0.25) is 0 Å². The van der Waals surface area contributed by atoms with Crippen LogP contribution in [0.5, 0.6) is 5.75 Å². The van der Waals surface area contributed by atoms with Gasteiger partial charge in [0, 0.05) is 16.9 Å². The van der Waals surface area contributed by atoms with E-state index in [4.69, 9.17) is 5.26 Å². The number of carbonyl (C=O) groups is 1. The Kier molecular flexibility index (Phi) is 5.73. The van der Waals surface area contributed by atoms with Gasteiger partial charge in [-0.25, -0.2) is 4.79 Å². The summed E-state index contributed by atoms with van der Waals surface area (Å²) in [5.74, 6) is -0.528. The van der Waals surface area contributed by atoms with E-state index in [1.807, 2.05) is 25.1 Å². The molecule has 35 heavy (non-hydrogen) atoms. The molecule has 0 spiro atoms. The van der Waals surface area contributed by atoms with Gasteiger partial charge in [0.15, 0.2) is 5.72 Å². The van der Waals surface area contributed by atoms with E-state index in [1.54, 1.807) is 26.0 Å². The Morgan fingerprint density at radius 3 is 2.09 bits per heavy atom. The van der Waals surface area contributed by atoms with Crippen molar-refractivity contribution in [1.29, 1.82) is 5.26 Å². The number of nitrogens with zero attached hydrogens (tertiary/aromatic N) is 3. The summed E-state index contributed by atoms with van der Waals surface area (Å²) in [6.07, 6.45) is -4.93. The van der Waals surface area contributed by atoms with Crippen molar-refractivity contribution < 1.29 is 27.8 Å². The van der Waals surface area contributed by atoms with E-state index in [1.165, 1.54) is 41.3 Å². The van der Waals surface area contributed by atoms with Crippen LogP contribution in [0.4, 0.5) is 29.3 Å². The molecule has 1 aliphatic rings. The van der Waals surface area contributed by atoms with Crippen LogP contribution >= 0.6 is 0 Å². The zero-order valence-electron chi connectivity index (χ0n) is 19.2. The first-order valence-electron chi connectivity index (χ1n) is 10.7. The first-order chi connectivity index (χ1) is 16.4. The van der Waals surface area contributed by atoms with Crippen molar-refractivity contribution in [2.24, 2.45) is 0 Å². The van der Waals surface area contributed by atoms with Gasteiger partial charge in [-0.1, -0.05) is 29.8 Å². The average molecular weight is 481 g/mol. The number of halogens is 3. The second-order valence-electron chi connectivity index (χ2n) is 8.75. The molecule has 180 valence electrons. The van der Waals surface area contributed by atoms with Gasteiger partial charge >= 0.3 is 12.4 Å². The lowest BCUT2D eigenvalue weighted by atomic mass is 9.83. The maximum Gasteiger partial charge on any atom is 0.573 e. The standard InChI is InChI=1S/C26H22F3N3O3/c1-17-7-11-20(12-8-17)31-23(33)32(21-13-9-18(16-30)10-14-21)25(34,24(31,2)3)19-5-4-6-22(15-19)35-26(27,28)29/h4-15,34H,1-3H3. The number of ether oxygens (including phenoxy) is 1. The number of anilines is 2. The van der Waals surface area contributed by atoms with E-state index < -0.39 is 29.4 Å². The SMILES string of the molecule is Cc1ccc(N2C(=O)N(c3ccc(C#N)cc3)C(O)(c3cccc(OC(F)(F)F)c3)C2(C)C)cc1. The van der Waals surface area contributed by atoms with Gasteiger partial charge in [-0.15, -0.1) is 13.2 Å². The van der Waals surface area contributed by atoms with Crippen LogP contribution in [-0.2, 0) is 5.72 Å². The molecular weight excluding hydrogens is 459 g/mol. The topological polar surface area (TPSA) is 76.8 Å². The number of aliphatic hydroxyl groups is 1. The minimum atomic E-state index is -4.93.